The first-order valence-electron chi connectivity index (χ1n) is 4.89. The second-order valence-electron chi connectivity index (χ2n) is 2.80. The molecule has 2 heteroatoms. The lowest BCUT2D eigenvalue weighted by molar-refractivity contribution is -0.120. The van der Waals surface area contributed by atoms with Gasteiger partial charge in [0.15, 0.2) is 0 Å². The third kappa shape index (κ3) is 9.63. The molecule has 0 radical (unpaired) electrons. The van der Waals surface area contributed by atoms with Crippen LogP contribution in [0, 0.1) is 5.92 Å². The molecule has 2 nitrogen and oxygen atoms in total. The molecule has 1 unspecified atom stereocenters. The monoisotopic (exact) mass is 173 g/mol. The number of carbonyl (C=O) groups excluding carboxylic acids is 1. The van der Waals surface area contributed by atoms with Crippen LogP contribution in [-0.2, 0) is 4.79 Å². The zero-order valence-corrected chi connectivity index (χ0v) is 8.89. The lowest BCUT2D eigenvalue weighted by Gasteiger charge is -2.04. The van der Waals surface area contributed by atoms with Crippen molar-refractivity contribution >= 4 is 5.78 Å². The molecule has 0 aromatic heterocycles. The van der Waals surface area contributed by atoms with Crippen molar-refractivity contribution in [3.05, 3.63) is 0 Å². The van der Waals surface area contributed by atoms with Crippen molar-refractivity contribution in [3.63, 3.8) is 0 Å². The van der Waals surface area contributed by atoms with E-state index in [1.165, 1.54) is 0 Å². The van der Waals surface area contributed by atoms with Crippen molar-refractivity contribution in [2.45, 2.75) is 47.0 Å². The highest BCUT2D eigenvalue weighted by atomic mass is 16.1. The van der Waals surface area contributed by atoms with E-state index in [4.69, 9.17) is 5.73 Å². The maximum Gasteiger partial charge on any atom is 0.132 e. The number of nitrogens with two attached hydrogens (primary N) is 1. The molecule has 0 aromatic rings. The van der Waals surface area contributed by atoms with E-state index in [2.05, 4.69) is 0 Å². The van der Waals surface area contributed by atoms with E-state index in [0.717, 1.165) is 25.8 Å². The van der Waals surface area contributed by atoms with Crippen molar-refractivity contribution in [1.29, 1.82) is 0 Å². The fourth-order valence-corrected chi connectivity index (χ4v) is 0.798. The molecule has 0 spiro atoms. The molecule has 0 amide bonds. The van der Waals surface area contributed by atoms with E-state index in [0.29, 0.717) is 0 Å². The molecule has 0 heterocycles. The molecule has 0 saturated carbocycles. The summed E-state index contributed by atoms with van der Waals surface area (Å²) in [5, 5.41) is 0. The van der Waals surface area contributed by atoms with Gasteiger partial charge in [-0.25, -0.2) is 0 Å². The summed E-state index contributed by atoms with van der Waals surface area (Å²) in [6.07, 6.45) is 3.11. The van der Waals surface area contributed by atoms with Crippen LogP contribution in [0.4, 0.5) is 0 Å². The predicted octanol–water partition coefficient (Wildman–Crippen LogP) is 2.37. The first kappa shape index (κ1) is 14.2. The lowest BCUT2D eigenvalue weighted by atomic mass is 10.0. The Labute approximate surface area is 76.5 Å². The van der Waals surface area contributed by atoms with Gasteiger partial charge >= 0.3 is 0 Å². The van der Waals surface area contributed by atoms with Gasteiger partial charge in [0.25, 0.3) is 0 Å². The number of hydrogen-bond donors (Lipinski definition) is 1. The zero-order valence-electron chi connectivity index (χ0n) is 8.89. The highest BCUT2D eigenvalue weighted by Gasteiger charge is 2.05. The molecule has 12 heavy (non-hydrogen) atoms. The Morgan fingerprint density at radius 2 is 1.83 bits per heavy atom. The summed E-state index contributed by atoms with van der Waals surface area (Å²) >= 11 is 0. The van der Waals surface area contributed by atoms with Crippen LogP contribution in [-0.4, -0.2) is 12.3 Å². The van der Waals surface area contributed by atoms with E-state index in [1.54, 1.807) is 6.92 Å². The van der Waals surface area contributed by atoms with Crippen molar-refractivity contribution in [2.75, 3.05) is 6.54 Å². The SMILES string of the molecule is CC.CC(=O)C(C)CCCCN. The average Bonchev–Trinajstić information content (AvgIpc) is 2.08. The van der Waals surface area contributed by atoms with Gasteiger partial charge < -0.3 is 5.73 Å². The molecule has 0 rings (SSSR count). The second kappa shape index (κ2) is 10.6. The summed E-state index contributed by atoms with van der Waals surface area (Å²) in [5.74, 6) is 0.517. The predicted molar refractivity (Wildman–Crippen MR) is 54.1 cm³/mol. The van der Waals surface area contributed by atoms with E-state index >= 15 is 0 Å². The number of carbonyl (C=O) groups is 1. The number of Topliss-reactive ketones (excluding diaryl/α,β-unsaturated/α-hetero) is 1. The Bertz CT molecular complexity index is 102. The molecule has 0 aliphatic heterocycles. The minimum absolute atomic E-state index is 0.228. The number of hydrogen-bond acceptors (Lipinski definition) is 2. The fourth-order valence-electron chi connectivity index (χ4n) is 0.798. The molecule has 0 bridgehead atoms. The van der Waals surface area contributed by atoms with Crippen LogP contribution in [0.5, 0.6) is 0 Å². The topological polar surface area (TPSA) is 43.1 Å². The summed E-state index contributed by atoms with van der Waals surface area (Å²) in [6, 6.07) is 0. The van der Waals surface area contributed by atoms with E-state index < -0.39 is 0 Å². The quantitative estimate of drug-likeness (QED) is 0.649. The zero-order chi connectivity index (χ0) is 9.98. The van der Waals surface area contributed by atoms with Crippen LogP contribution in [0.1, 0.15) is 47.0 Å². The normalized spacial score (nSPS) is 11.4. The van der Waals surface area contributed by atoms with Gasteiger partial charge in [0.1, 0.15) is 5.78 Å². The molecule has 1 atom stereocenters. The molecule has 0 aromatic carbocycles. The molecule has 0 fully saturated rings. The minimum atomic E-state index is 0.228. The number of unbranched alkanes of at least 4 members (excludes halogenated alkanes) is 1. The molecule has 0 saturated heterocycles. The first-order chi connectivity index (χ1) is 5.68. The molecular weight excluding hydrogens is 150 g/mol. The maximum atomic E-state index is 10.7. The largest absolute Gasteiger partial charge is 0.330 e. The minimum Gasteiger partial charge on any atom is -0.330 e. The van der Waals surface area contributed by atoms with Crippen LogP contribution in [0.3, 0.4) is 0 Å². The van der Waals surface area contributed by atoms with Gasteiger partial charge in [0.05, 0.1) is 0 Å². The lowest BCUT2D eigenvalue weighted by Crippen LogP contribution is -2.07. The number of rotatable bonds is 5. The fraction of sp³-hybridized carbons (Fsp3) is 0.900. The van der Waals surface area contributed by atoms with Gasteiger partial charge in [0, 0.05) is 5.92 Å². The van der Waals surface area contributed by atoms with Crippen molar-refractivity contribution < 1.29 is 4.79 Å². The maximum absolute atomic E-state index is 10.7. The van der Waals surface area contributed by atoms with Gasteiger partial charge in [-0.1, -0.05) is 27.2 Å². The van der Waals surface area contributed by atoms with Gasteiger partial charge in [-0.15, -0.1) is 0 Å². The van der Waals surface area contributed by atoms with Crippen LogP contribution in [0.25, 0.3) is 0 Å². The second-order valence-corrected chi connectivity index (χ2v) is 2.80. The standard InChI is InChI=1S/C8H17NO.C2H6/c1-7(8(2)10)5-3-4-6-9;1-2/h7H,3-6,9H2,1-2H3;1-2H3. The first-order valence-corrected chi connectivity index (χ1v) is 4.89. The van der Waals surface area contributed by atoms with E-state index in [9.17, 15) is 4.79 Å². The molecule has 0 aliphatic carbocycles. The summed E-state index contributed by atoms with van der Waals surface area (Å²) in [4.78, 5) is 10.7. The van der Waals surface area contributed by atoms with Gasteiger partial charge in [-0.05, 0) is 26.3 Å². The van der Waals surface area contributed by atoms with E-state index in [-0.39, 0.29) is 11.7 Å². The van der Waals surface area contributed by atoms with Crippen molar-refractivity contribution in [1.82, 2.24) is 0 Å². The summed E-state index contributed by atoms with van der Waals surface area (Å²) in [5.41, 5.74) is 5.31. The molecule has 0 aliphatic rings. The van der Waals surface area contributed by atoms with Crippen LogP contribution >= 0.6 is 0 Å². The van der Waals surface area contributed by atoms with E-state index in [1.807, 2.05) is 20.8 Å². The summed E-state index contributed by atoms with van der Waals surface area (Å²) in [6.45, 7) is 8.36. The van der Waals surface area contributed by atoms with Gasteiger partial charge in [-0.2, -0.15) is 0 Å². The Morgan fingerprint density at radius 3 is 2.17 bits per heavy atom. The third-order valence-electron chi connectivity index (χ3n) is 1.79. The highest BCUT2D eigenvalue weighted by Crippen LogP contribution is 2.07. The highest BCUT2D eigenvalue weighted by molar-refractivity contribution is 5.77. The smallest absolute Gasteiger partial charge is 0.132 e. The van der Waals surface area contributed by atoms with Crippen molar-refractivity contribution in [3.8, 4) is 0 Å². The Kier molecular flexibility index (Phi) is 12.6. The third-order valence-corrected chi connectivity index (χ3v) is 1.79. The van der Waals surface area contributed by atoms with Crippen molar-refractivity contribution in [2.24, 2.45) is 11.7 Å². The average molecular weight is 173 g/mol. The number of ketones is 1. The summed E-state index contributed by atoms with van der Waals surface area (Å²) < 4.78 is 0. The summed E-state index contributed by atoms with van der Waals surface area (Å²) in [7, 11) is 0. The van der Waals surface area contributed by atoms with Crippen LogP contribution in [0.2, 0.25) is 0 Å². The van der Waals surface area contributed by atoms with Gasteiger partial charge in [0.2, 0.25) is 0 Å². The molecule has 2 N–H and O–H groups in total. The Hall–Kier alpha value is -0.370. The Morgan fingerprint density at radius 1 is 1.33 bits per heavy atom. The molecule has 74 valence electrons. The van der Waals surface area contributed by atoms with Crippen LogP contribution < -0.4 is 5.73 Å². The van der Waals surface area contributed by atoms with Crippen LogP contribution in [0.15, 0.2) is 0 Å². The molecular formula is C10H23NO. The Balaban J connectivity index is 0. The van der Waals surface area contributed by atoms with Gasteiger partial charge in [-0.3, -0.25) is 4.79 Å².